The number of hydrogen-bond donors (Lipinski definition) is 1. The molecule has 1 N–H and O–H groups in total. The largest absolute Gasteiger partial charge is 0.272 e. The minimum atomic E-state index is -0.194. The SMILES string of the molecule is Cc1cc(C(=O)NN=C2CCCC2)c2c(C)nn(C)c2n1. The summed E-state index contributed by atoms with van der Waals surface area (Å²) in [6.45, 7) is 3.76. The van der Waals surface area contributed by atoms with Gasteiger partial charge in [0, 0.05) is 18.5 Å². The first-order valence-corrected chi connectivity index (χ1v) is 7.23. The van der Waals surface area contributed by atoms with Crippen molar-refractivity contribution < 1.29 is 4.79 Å². The molecule has 0 saturated heterocycles. The van der Waals surface area contributed by atoms with Gasteiger partial charge in [0.05, 0.1) is 16.6 Å². The highest BCUT2D eigenvalue weighted by Gasteiger charge is 2.18. The molecule has 0 aromatic carbocycles. The van der Waals surface area contributed by atoms with Crippen LogP contribution in [0.1, 0.15) is 47.4 Å². The smallest absolute Gasteiger partial charge is 0.267 e. The molecule has 0 radical (unpaired) electrons. The minimum absolute atomic E-state index is 0.194. The molecule has 2 aromatic heterocycles. The van der Waals surface area contributed by atoms with E-state index < -0.39 is 0 Å². The molecule has 0 bridgehead atoms. The molecule has 110 valence electrons. The Kier molecular flexibility index (Phi) is 3.45. The second-order valence-corrected chi connectivity index (χ2v) is 5.54. The average Bonchev–Trinajstić information content (AvgIpc) is 3.05. The Morgan fingerprint density at radius 3 is 2.76 bits per heavy atom. The van der Waals surface area contributed by atoms with Crippen LogP contribution in [0.2, 0.25) is 0 Å². The van der Waals surface area contributed by atoms with Gasteiger partial charge in [0.15, 0.2) is 5.65 Å². The van der Waals surface area contributed by atoms with Crippen molar-refractivity contribution in [2.75, 3.05) is 0 Å². The van der Waals surface area contributed by atoms with E-state index in [2.05, 4.69) is 20.6 Å². The second-order valence-electron chi connectivity index (χ2n) is 5.54. The van der Waals surface area contributed by atoms with Crippen molar-refractivity contribution in [3.63, 3.8) is 0 Å². The number of hydrogen-bond acceptors (Lipinski definition) is 4. The second kappa shape index (κ2) is 5.27. The fraction of sp³-hybridized carbons (Fsp3) is 0.467. The summed E-state index contributed by atoms with van der Waals surface area (Å²) in [5.41, 5.74) is 6.67. The number of carbonyl (C=O) groups excluding carboxylic acids is 1. The zero-order chi connectivity index (χ0) is 15.0. The van der Waals surface area contributed by atoms with Crippen molar-refractivity contribution >= 4 is 22.7 Å². The number of nitrogens with zero attached hydrogens (tertiary/aromatic N) is 4. The Morgan fingerprint density at radius 1 is 1.33 bits per heavy atom. The molecule has 1 fully saturated rings. The van der Waals surface area contributed by atoms with Gasteiger partial charge in [0.2, 0.25) is 0 Å². The summed E-state index contributed by atoms with van der Waals surface area (Å²) in [6.07, 6.45) is 4.29. The first kappa shape index (κ1) is 13.7. The molecule has 3 rings (SSSR count). The molecule has 2 heterocycles. The van der Waals surface area contributed by atoms with Crippen LogP contribution in [0.3, 0.4) is 0 Å². The Morgan fingerprint density at radius 2 is 2.05 bits per heavy atom. The molecule has 1 aliphatic rings. The van der Waals surface area contributed by atoms with E-state index in [1.807, 2.05) is 20.9 Å². The number of aromatic nitrogens is 3. The van der Waals surface area contributed by atoms with Gasteiger partial charge in [0.1, 0.15) is 0 Å². The van der Waals surface area contributed by atoms with E-state index in [1.54, 1.807) is 10.7 Å². The zero-order valence-corrected chi connectivity index (χ0v) is 12.6. The molecule has 0 unspecified atom stereocenters. The van der Waals surface area contributed by atoms with Crippen molar-refractivity contribution in [2.45, 2.75) is 39.5 Å². The van der Waals surface area contributed by atoms with Crippen LogP contribution in [-0.2, 0) is 7.05 Å². The number of rotatable bonds is 2. The number of fused-ring (bicyclic) bond motifs is 1. The van der Waals surface area contributed by atoms with Gasteiger partial charge in [-0.05, 0) is 45.6 Å². The van der Waals surface area contributed by atoms with Crippen LogP contribution in [0.4, 0.5) is 0 Å². The topological polar surface area (TPSA) is 72.2 Å². The Labute approximate surface area is 123 Å². The molecule has 1 saturated carbocycles. The van der Waals surface area contributed by atoms with Gasteiger partial charge in [-0.15, -0.1) is 0 Å². The van der Waals surface area contributed by atoms with Crippen molar-refractivity contribution in [3.8, 4) is 0 Å². The summed E-state index contributed by atoms with van der Waals surface area (Å²) in [5.74, 6) is -0.194. The lowest BCUT2D eigenvalue weighted by Gasteiger charge is -2.05. The Balaban J connectivity index is 1.99. The van der Waals surface area contributed by atoms with E-state index in [4.69, 9.17) is 0 Å². The van der Waals surface area contributed by atoms with Crippen LogP contribution >= 0.6 is 0 Å². The van der Waals surface area contributed by atoms with Gasteiger partial charge in [-0.1, -0.05) is 0 Å². The highest BCUT2D eigenvalue weighted by atomic mass is 16.2. The van der Waals surface area contributed by atoms with Crippen LogP contribution < -0.4 is 5.43 Å². The summed E-state index contributed by atoms with van der Waals surface area (Å²) < 4.78 is 1.71. The van der Waals surface area contributed by atoms with Crippen LogP contribution in [0.15, 0.2) is 11.2 Å². The molecule has 2 aromatic rings. The Hall–Kier alpha value is -2.24. The first-order valence-electron chi connectivity index (χ1n) is 7.23. The minimum Gasteiger partial charge on any atom is -0.267 e. The van der Waals surface area contributed by atoms with Crippen LogP contribution in [0, 0.1) is 13.8 Å². The van der Waals surface area contributed by atoms with Gasteiger partial charge >= 0.3 is 0 Å². The fourth-order valence-corrected chi connectivity index (χ4v) is 2.83. The van der Waals surface area contributed by atoms with Crippen LogP contribution in [0.5, 0.6) is 0 Å². The van der Waals surface area contributed by atoms with E-state index in [9.17, 15) is 4.79 Å². The van der Waals surface area contributed by atoms with E-state index in [0.717, 1.165) is 53.8 Å². The van der Waals surface area contributed by atoms with Crippen molar-refractivity contribution in [3.05, 3.63) is 23.0 Å². The lowest BCUT2D eigenvalue weighted by Crippen LogP contribution is -2.20. The van der Waals surface area contributed by atoms with Gasteiger partial charge in [-0.2, -0.15) is 10.2 Å². The number of pyridine rings is 1. The lowest BCUT2D eigenvalue weighted by molar-refractivity contribution is 0.0956. The molecule has 1 aliphatic carbocycles. The van der Waals surface area contributed by atoms with Crippen molar-refractivity contribution in [1.29, 1.82) is 0 Å². The lowest BCUT2D eigenvalue weighted by atomic mass is 10.1. The summed E-state index contributed by atoms with van der Waals surface area (Å²) in [7, 11) is 1.84. The zero-order valence-electron chi connectivity index (χ0n) is 12.6. The quantitative estimate of drug-likeness (QED) is 0.860. The Bertz CT molecular complexity index is 736. The predicted octanol–water partition coefficient (Wildman–Crippen LogP) is 2.24. The molecule has 0 atom stereocenters. The first-order chi connectivity index (χ1) is 10.1. The van der Waals surface area contributed by atoms with Gasteiger partial charge in [0.25, 0.3) is 5.91 Å². The maximum atomic E-state index is 12.4. The predicted molar refractivity (Wildman–Crippen MR) is 81.4 cm³/mol. The maximum absolute atomic E-state index is 12.4. The fourth-order valence-electron chi connectivity index (χ4n) is 2.83. The maximum Gasteiger partial charge on any atom is 0.272 e. The number of hydrazone groups is 1. The molecule has 6 heteroatoms. The number of carbonyl (C=O) groups is 1. The third-order valence-electron chi connectivity index (χ3n) is 3.84. The number of nitrogens with one attached hydrogen (secondary N) is 1. The van der Waals surface area contributed by atoms with Gasteiger partial charge in [-0.25, -0.2) is 10.4 Å². The van der Waals surface area contributed by atoms with Crippen LogP contribution in [-0.4, -0.2) is 26.4 Å². The number of aryl methyl sites for hydroxylation is 3. The summed E-state index contributed by atoms with van der Waals surface area (Å²) >= 11 is 0. The number of amides is 1. The third-order valence-corrected chi connectivity index (χ3v) is 3.84. The highest BCUT2D eigenvalue weighted by Crippen LogP contribution is 2.21. The summed E-state index contributed by atoms with van der Waals surface area (Å²) in [5, 5.41) is 9.39. The van der Waals surface area contributed by atoms with E-state index in [0.29, 0.717) is 5.56 Å². The molecule has 0 spiro atoms. The molecule has 21 heavy (non-hydrogen) atoms. The molecule has 6 nitrogen and oxygen atoms in total. The van der Waals surface area contributed by atoms with Gasteiger partial charge in [-0.3, -0.25) is 9.48 Å². The molecular weight excluding hydrogens is 266 g/mol. The van der Waals surface area contributed by atoms with Crippen LogP contribution in [0.25, 0.3) is 11.0 Å². The van der Waals surface area contributed by atoms with Crippen molar-refractivity contribution in [1.82, 2.24) is 20.2 Å². The highest BCUT2D eigenvalue weighted by molar-refractivity contribution is 6.06. The molecular formula is C15H19N5O. The van der Waals surface area contributed by atoms with E-state index in [1.165, 1.54) is 0 Å². The third kappa shape index (κ3) is 2.53. The van der Waals surface area contributed by atoms with Gasteiger partial charge < -0.3 is 0 Å². The van der Waals surface area contributed by atoms with E-state index >= 15 is 0 Å². The average molecular weight is 285 g/mol. The molecule has 1 amide bonds. The normalized spacial score (nSPS) is 14.7. The summed E-state index contributed by atoms with van der Waals surface area (Å²) in [4.78, 5) is 16.9. The van der Waals surface area contributed by atoms with Crippen molar-refractivity contribution in [2.24, 2.45) is 12.1 Å². The standard InChI is InChI=1S/C15H19N5O/c1-9-8-12(13-10(2)19-20(3)14(13)16-9)15(21)18-17-11-6-4-5-7-11/h8H,4-7H2,1-3H3,(H,18,21). The molecule has 0 aliphatic heterocycles. The van der Waals surface area contributed by atoms with E-state index in [-0.39, 0.29) is 5.91 Å². The monoisotopic (exact) mass is 285 g/mol. The summed E-state index contributed by atoms with van der Waals surface area (Å²) in [6, 6.07) is 1.79.